The number of aromatic nitrogens is 1. The summed E-state index contributed by atoms with van der Waals surface area (Å²) in [7, 11) is 0. The number of hydrogen-bond acceptors (Lipinski definition) is 4. The summed E-state index contributed by atoms with van der Waals surface area (Å²) < 4.78 is 0. The zero-order valence-corrected chi connectivity index (χ0v) is 12.7. The number of amides is 2. The lowest BCUT2D eigenvalue weighted by Crippen LogP contribution is -2.33. The van der Waals surface area contributed by atoms with Gasteiger partial charge in [-0.1, -0.05) is 6.08 Å². The van der Waals surface area contributed by atoms with Crippen molar-refractivity contribution in [2.45, 2.75) is 6.42 Å². The molecule has 0 bridgehead atoms. The molecule has 8 nitrogen and oxygen atoms in total. The van der Waals surface area contributed by atoms with Crippen LogP contribution in [0, 0.1) is 0 Å². The Morgan fingerprint density at radius 2 is 2.21 bits per heavy atom. The van der Waals surface area contributed by atoms with Crippen molar-refractivity contribution < 1.29 is 14.7 Å². The normalized spacial score (nSPS) is 16.8. The van der Waals surface area contributed by atoms with Gasteiger partial charge in [-0.3, -0.25) is 4.79 Å². The fourth-order valence-electron chi connectivity index (χ4n) is 3.23. The number of benzene rings is 1. The Kier molecular flexibility index (Phi) is 3.05. The van der Waals surface area contributed by atoms with E-state index in [1.165, 1.54) is 4.90 Å². The van der Waals surface area contributed by atoms with E-state index in [0.29, 0.717) is 30.8 Å². The van der Waals surface area contributed by atoms with Crippen LogP contribution in [0.5, 0.6) is 0 Å². The van der Waals surface area contributed by atoms with Crippen molar-refractivity contribution in [3.63, 3.8) is 0 Å². The van der Waals surface area contributed by atoms with Gasteiger partial charge in [0.1, 0.15) is 0 Å². The van der Waals surface area contributed by atoms with Crippen LogP contribution in [0.1, 0.15) is 28.0 Å². The number of rotatable bonds is 1. The molecule has 4 rings (SSSR count). The SMILES string of the molecule is Nc1cc2c3c(c(C4=CCN(C(=O)O)CC4)[nH]c3c1)C=NNC2=O. The van der Waals surface area contributed by atoms with Gasteiger partial charge >= 0.3 is 6.09 Å². The van der Waals surface area contributed by atoms with Crippen LogP contribution in [0.3, 0.4) is 0 Å². The molecule has 0 fully saturated rings. The molecule has 2 amide bonds. The molecule has 1 aromatic heterocycles. The molecule has 0 spiro atoms. The highest BCUT2D eigenvalue weighted by Gasteiger charge is 2.24. The maximum atomic E-state index is 12.2. The third kappa shape index (κ3) is 2.11. The minimum absolute atomic E-state index is 0.303. The molecule has 5 N–H and O–H groups in total. The molecule has 1 aromatic carbocycles. The molecule has 0 atom stereocenters. The Bertz CT molecular complexity index is 941. The van der Waals surface area contributed by atoms with Crippen LogP contribution in [0.4, 0.5) is 10.5 Å². The van der Waals surface area contributed by atoms with Crippen molar-refractivity contribution in [2.75, 3.05) is 18.8 Å². The summed E-state index contributed by atoms with van der Waals surface area (Å²) in [6.07, 6.45) is 3.16. The van der Waals surface area contributed by atoms with E-state index in [1.807, 2.05) is 6.08 Å². The van der Waals surface area contributed by atoms with E-state index in [4.69, 9.17) is 10.8 Å². The molecule has 2 aliphatic rings. The number of carboxylic acid groups (broad SMARTS) is 1. The van der Waals surface area contributed by atoms with Crippen LogP contribution >= 0.6 is 0 Å². The predicted molar refractivity (Wildman–Crippen MR) is 90.0 cm³/mol. The molecule has 24 heavy (non-hydrogen) atoms. The van der Waals surface area contributed by atoms with Crippen LogP contribution in [0.25, 0.3) is 16.5 Å². The molecule has 0 radical (unpaired) electrons. The highest BCUT2D eigenvalue weighted by Crippen LogP contribution is 2.33. The Morgan fingerprint density at radius 3 is 2.92 bits per heavy atom. The highest BCUT2D eigenvalue weighted by atomic mass is 16.4. The maximum absolute atomic E-state index is 12.2. The number of nitrogens with one attached hydrogen (secondary N) is 2. The summed E-state index contributed by atoms with van der Waals surface area (Å²) in [6.45, 7) is 0.766. The van der Waals surface area contributed by atoms with Crippen molar-refractivity contribution in [1.82, 2.24) is 15.3 Å². The lowest BCUT2D eigenvalue weighted by molar-refractivity contribution is 0.0957. The molecule has 2 aromatic rings. The van der Waals surface area contributed by atoms with Gasteiger partial charge in [-0.05, 0) is 24.1 Å². The first-order valence-electron chi connectivity index (χ1n) is 7.50. The average Bonchev–Trinajstić information content (AvgIpc) is 2.83. The minimum Gasteiger partial charge on any atom is -0.465 e. The molecule has 0 saturated carbocycles. The number of aromatic amines is 1. The van der Waals surface area contributed by atoms with E-state index in [2.05, 4.69) is 15.5 Å². The van der Waals surface area contributed by atoms with Crippen molar-refractivity contribution in [2.24, 2.45) is 5.10 Å². The summed E-state index contributed by atoms with van der Waals surface area (Å²) in [6, 6.07) is 3.42. The second-order valence-electron chi connectivity index (χ2n) is 5.81. The number of nitrogens with two attached hydrogens (primary N) is 1. The van der Waals surface area contributed by atoms with Crippen molar-refractivity contribution in [3.8, 4) is 0 Å². The van der Waals surface area contributed by atoms with Gasteiger partial charge in [0.25, 0.3) is 5.91 Å². The van der Waals surface area contributed by atoms with Crippen LogP contribution in [0.15, 0.2) is 23.3 Å². The van der Waals surface area contributed by atoms with Crippen LogP contribution < -0.4 is 11.2 Å². The summed E-state index contributed by atoms with van der Waals surface area (Å²) in [5.41, 5.74) is 12.8. The quantitative estimate of drug-likeness (QED) is 0.594. The molecular weight excluding hydrogens is 310 g/mol. The van der Waals surface area contributed by atoms with Gasteiger partial charge in [-0.25, -0.2) is 10.2 Å². The van der Waals surface area contributed by atoms with E-state index in [9.17, 15) is 9.59 Å². The van der Waals surface area contributed by atoms with Gasteiger partial charge in [-0.2, -0.15) is 5.10 Å². The number of nitrogens with zero attached hydrogens (tertiary/aromatic N) is 2. The van der Waals surface area contributed by atoms with E-state index in [-0.39, 0.29) is 5.91 Å². The summed E-state index contributed by atoms with van der Waals surface area (Å²) in [5.74, 6) is -0.303. The molecule has 3 heterocycles. The molecule has 2 aliphatic heterocycles. The lowest BCUT2D eigenvalue weighted by Gasteiger charge is -2.23. The highest BCUT2D eigenvalue weighted by molar-refractivity contribution is 6.16. The second-order valence-corrected chi connectivity index (χ2v) is 5.81. The van der Waals surface area contributed by atoms with Crippen LogP contribution in [-0.2, 0) is 0 Å². The molecule has 0 saturated heterocycles. The third-order valence-electron chi connectivity index (χ3n) is 4.36. The van der Waals surface area contributed by atoms with Crippen LogP contribution in [-0.4, -0.2) is 46.3 Å². The van der Waals surface area contributed by atoms with Gasteiger partial charge in [0.2, 0.25) is 0 Å². The molecule has 0 aliphatic carbocycles. The summed E-state index contributed by atoms with van der Waals surface area (Å²) in [4.78, 5) is 27.9. The lowest BCUT2D eigenvalue weighted by atomic mass is 9.98. The molecular formula is C16H15N5O3. The minimum atomic E-state index is -0.925. The maximum Gasteiger partial charge on any atom is 0.407 e. The number of carbonyl (C=O) groups excluding carboxylic acids is 1. The number of nitrogen functional groups attached to an aromatic ring is 1. The zero-order chi connectivity index (χ0) is 16.8. The number of carbonyl (C=O) groups is 2. The van der Waals surface area contributed by atoms with Crippen molar-refractivity contribution in [3.05, 3.63) is 35.0 Å². The second kappa shape index (κ2) is 5.12. The Balaban J connectivity index is 1.88. The number of hydrazone groups is 1. The van der Waals surface area contributed by atoms with Gasteiger partial charge in [0.05, 0.1) is 17.5 Å². The molecule has 0 unspecified atom stereocenters. The fraction of sp³-hybridized carbons (Fsp3) is 0.188. The monoisotopic (exact) mass is 325 g/mol. The first kappa shape index (κ1) is 14.3. The summed E-state index contributed by atoms with van der Waals surface area (Å²) >= 11 is 0. The number of anilines is 1. The topological polar surface area (TPSA) is 124 Å². The van der Waals surface area contributed by atoms with E-state index in [0.717, 1.165) is 27.7 Å². The van der Waals surface area contributed by atoms with Crippen molar-refractivity contribution >= 4 is 40.4 Å². The number of H-pyrrole nitrogens is 1. The van der Waals surface area contributed by atoms with Gasteiger partial charge in [0.15, 0.2) is 0 Å². The first-order valence-corrected chi connectivity index (χ1v) is 7.50. The van der Waals surface area contributed by atoms with E-state index < -0.39 is 6.09 Å². The van der Waals surface area contributed by atoms with Gasteiger partial charge < -0.3 is 20.7 Å². The largest absolute Gasteiger partial charge is 0.465 e. The zero-order valence-electron chi connectivity index (χ0n) is 12.7. The van der Waals surface area contributed by atoms with E-state index in [1.54, 1.807) is 18.3 Å². The Hall–Kier alpha value is -3.29. The fourth-order valence-corrected chi connectivity index (χ4v) is 3.23. The predicted octanol–water partition coefficient (Wildman–Crippen LogP) is 1.59. The van der Waals surface area contributed by atoms with Gasteiger partial charge in [-0.15, -0.1) is 0 Å². The van der Waals surface area contributed by atoms with Crippen molar-refractivity contribution in [1.29, 1.82) is 0 Å². The Labute approximate surface area is 136 Å². The van der Waals surface area contributed by atoms with Crippen LogP contribution in [0.2, 0.25) is 0 Å². The molecule has 8 heteroatoms. The first-order chi connectivity index (χ1) is 11.5. The smallest absolute Gasteiger partial charge is 0.407 e. The standard InChI is InChI=1S/C16H15N5O3/c17-9-5-10-13-11(7-18-20-15(10)22)14(19-12(13)6-9)8-1-3-21(4-2-8)16(23)24/h1,5-7,19H,2-4,17H2,(H,20,22)(H,23,24). The Morgan fingerprint density at radius 1 is 1.38 bits per heavy atom. The average molecular weight is 325 g/mol. The summed E-state index contributed by atoms with van der Waals surface area (Å²) in [5, 5.41) is 13.8. The molecule has 122 valence electrons. The third-order valence-corrected chi connectivity index (χ3v) is 4.36. The number of hydrogen-bond donors (Lipinski definition) is 4. The van der Waals surface area contributed by atoms with Gasteiger partial charge in [0, 0.05) is 35.2 Å². The van der Waals surface area contributed by atoms with E-state index >= 15 is 0 Å².